The molecule has 1 aliphatic carbocycles. The lowest BCUT2D eigenvalue weighted by Gasteiger charge is -2.20. The second-order valence-corrected chi connectivity index (χ2v) is 10.4. The fourth-order valence-electron chi connectivity index (χ4n) is 5.10. The molecule has 1 aliphatic heterocycles. The van der Waals surface area contributed by atoms with Crippen molar-refractivity contribution in [3.05, 3.63) is 47.5 Å². The summed E-state index contributed by atoms with van der Waals surface area (Å²) in [5, 5.41) is 4.09. The van der Waals surface area contributed by atoms with E-state index in [1.165, 1.54) is 38.2 Å². The van der Waals surface area contributed by atoms with E-state index in [2.05, 4.69) is 32.1 Å². The molecule has 2 aromatic carbocycles. The summed E-state index contributed by atoms with van der Waals surface area (Å²) in [7, 11) is 2.19. The van der Waals surface area contributed by atoms with E-state index in [9.17, 15) is 4.39 Å². The molecule has 9 heteroatoms. The summed E-state index contributed by atoms with van der Waals surface area (Å²) in [6.07, 6.45) is 8.24. The highest BCUT2D eigenvalue weighted by atomic mass is 35.5. The Hall–Kier alpha value is -2.68. The second kappa shape index (κ2) is 12.2. The molecule has 1 saturated carbocycles. The van der Waals surface area contributed by atoms with Crippen LogP contribution >= 0.6 is 11.6 Å². The Bertz CT molecular complexity index is 1210. The molecule has 2 aliphatic rings. The number of benzene rings is 2. The number of halogens is 2. The average Bonchev–Trinajstić information content (AvgIpc) is 3.31. The first-order chi connectivity index (χ1) is 18.0. The third kappa shape index (κ3) is 6.80. The van der Waals surface area contributed by atoms with Crippen LogP contribution in [0.5, 0.6) is 11.5 Å². The quantitative estimate of drug-likeness (QED) is 0.348. The van der Waals surface area contributed by atoms with E-state index in [1.54, 1.807) is 12.1 Å². The number of fused-ring (bicyclic) bond motifs is 1. The number of nitrogens with one attached hydrogen (secondary N) is 1. The van der Waals surface area contributed by atoms with E-state index in [4.69, 9.17) is 21.1 Å². The van der Waals surface area contributed by atoms with Crippen molar-refractivity contribution in [1.82, 2.24) is 19.8 Å². The monoisotopic (exact) mass is 527 g/mol. The Kier molecular flexibility index (Phi) is 8.59. The van der Waals surface area contributed by atoms with Gasteiger partial charge in [-0.1, -0.05) is 11.6 Å². The first-order valence-corrected chi connectivity index (χ1v) is 13.6. The van der Waals surface area contributed by atoms with E-state index in [0.717, 1.165) is 62.1 Å². The standard InChI is InChI=1S/C28H35ClFN5O2/c1-34-10-4-11-35(14-13-34)12-5-15-36-22-17-25-27(26(18-22)37-21-6-2-3-7-21)28(32-19-31-25)33-20-8-9-24(30)23(29)16-20/h8-9,16-19,21H,2-7,10-15H2,1H3,(H,31,32,33). The minimum Gasteiger partial charge on any atom is -0.493 e. The molecule has 0 amide bonds. The molecule has 3 aromatic rings. The van der Waals surface area contributed by atoms with Crippen molar-refractivity contribution in [2.24, 2.45) is 0 Å². The smallest absolute Gasteiger partial charge is 0.145 e. The van der Waals surface area contributed by atoms with Gasteiger partial charge >= 0.3 is 0 Å². The molecule has 2 fully saturated rings. The molecule has 5 rings (SSSR count). The van der Waals surface area contributed by atoms with Crippen LogP contribution in [0.1, 0.15) is 38.5 Å². The molecule has 0 atom stereocenters. The third-order valence-electron chi connectivity index (χ3n) is 7.15. The van der Waals surface area contributed by atoms with Gasteiger partial charge < -0.3 is 24.6 Å². The van der Waals surface area contributed by atoms with Gasteiger partial charge in [0.1, 0.15) is 29.5 Å². The molecule has 1 N–H and O–H groups in total. The van der Waals surface area contributed by atoms with Gasteiger partial charge in [0.05, 0.1) is 28.6 Å². The minimum atomic E-state index is -0.463. The zero-order chi connectivity index (χ0) is 25.6. The van der Waals surface area contributed by atoms with Gasteiger partial charge in [-0.25, -0.2) is 14.4 Å². The Morgan fingerprint density at radius 1 is 1.05 bits per heavy atom. The van der Waals surface area contributed by atoms with Gasteiger partial charge in [0, 0.05) is 37.5 Å². The topological polar surface area (TPSA) is 62.8 Å². The van der Waals surface area contributed by atoms with Crippen molar-refractivity contribution >= 4 is 34.0 Å². The molecule has 0 spiro atoms. The van der Waals surface area contributed by atoms with E-state index >= 15 is 0 Å². The Morgan fingerprint density at radius 3 is 2.76 bits per heavy atom. The van der Waals surface area contributed by atoms with Gasteiger partial charge in [-0.15, -0.1) is 0 Å². The molecule has 2 heterocycles. The number of anilines is 2. The molecule has 0 unspecified atom stereocenters. The molecular weight excluding hydrogens is 493 g/mol. The van der Waals surface area contributed by atoms with Crippen LogP contribution in [0, 0.1) is 5.82 Å². The molecule has 0 radical (unpaired) electrons. The number of hydrogen-bond donors (Lipinski definition) is 1. The SMILES string of the molecule is CN1CCCN(CCCOc2cc(OC3CCCC3)c3c(Nc4ccc(F)c(Cl)c4)ncnc3c2)CC1. The van der Waals surface area contributed by atoms with Crippen LogP contribution in [-0.2, 0) is 0 Å². The highest BCUT2D eigenvalue weighted by molar-refractivity contribution is 6.31. The first kappa shape index (κ1) is 25.9. The lowest BCUT2D eigenvalue weighted by molar-refractivity contribution is 0.210. The van der Waals surface area contributed by atoms with E-state index < -0.39 is 5.82 Å². The van der Waals surface area contributed by atoms with Crippen molar-refractivity contribution in [1.29, 1.82) is 0 Å². The molecule has 1 aromatic heterocycles. The molecule has 37 heavy (non-hydrogen) atoms. The third-order valence-corrected chi connectivity index (χ3v) is 7.44. The fourth-order valence-corrected chi connectivity index (χ4v) is 5.28. The van der Waals surface area contributed by atoms with Gasteiger partial charge in [0.2, 0.25) is 0 Å². The maximum absolute atomic E-state index is 13.7. The van der Waals surface area contributed by atoms with Gasteiger partial charge in [-0.05, 0) is 76.9 Å². The van der Waals surface area contributed by atoms with Gasteiger partial charge in [0.15, 0.2) is 0 Å². The number of nitrogens with zero attached hydrogens (tertiary/aromatic N) is 4. The molecule has 0 bridgehead atoms. The number of hydrogen-bond acceptors (Lipinski definition) is 7. The number of aromatic nitrogens is 2. The average molecular weight is 528 g/mol. The molecule has 198 valence electrons. The largest absolute Gasteiger partial charge is 0.493 e. The summed E-state index contributed by atoms with van der Waals surface area (Å²) < 4.78 is 26.3. The van der Waals surface area contributed by atoms with Crippen LogP contribution in [0.2, 0.25) is 5.02 Å². The maximum atomic E-state index is 13.7. The van der Waals surface area contributed by atoms with Crippen LogP contribution < -0.4 is 14.8 Å². The lowest BCUT2D eigenvalue weighted by atomic mass is 10.2. The van der Waals surface area contributed by atoms with Crippen LogP contribution in [0.4, 0.5) is 15.9 Å². The normalized spacial score (nSPS) is 17.7. The zero-order valence-corrected chi connectivity index (χ0v) is 22.1. The summed E-state index contributed by atoms with van der Waals surface area (Å²) in [5.74, 6) is 1.56. The summed E-state index contributed by atoms with van der Waals surface area (Å²) in [5.41, 5.74) is 1.37. The highest BCUT2D eigenvalue weighted by Crippen LogP contribution is 2.38. The Morgan fingerprint density at radius 2 is 1.92 bits per heavy atom. The van der Waals surface area contributed by atoms with Gasteiger partial charge in [0.25, 0.3) is 0 Å². The second-order valence-electron chi connectivity index (χ2n) is 10.0. The molecular formula is C28H35ClFN5O2. The predicted molar refractivity (Wildman–Crippen MR) is 146 cm³/mol. The summed E-state index contributed by atoms with van der Waals surface area (Å²) in [4.78, 5) is 13.9. The number of rotatable bonds is 9. The van der Waals surface area contributed by atoms with Crippen molar-refractivity contribution in [3.8, 4) is 11.5 Å². The Labute approximate surface area is 222 Å². The predicted octanol–water partition coefficient (Wildman–Crippen LogP) is 5.89. The van der Waals surface area contributed by atoms with Crippen molar-refractivity contribution < 1.29 is 13.9 Å². The van der Waals surface area contributed by atoms with Crippen molar-refractivity contribution in [2.75, 3.05) is 51.7 Å². The van der Waals surface area contributed by atoms with E-state index in [-0.39, 0.29) is 11.1 Å². The number of ether oxygens (including phenoxy) is 2. The van der Waals surface area contributed by atoms with E-state index in [0.29, 0.717) is 23.9 Å². The Balaban J connectivity index is 1.33. The van der Waals surface area contributed by atoms with Gasteiger partial charge in [-0.2, -0.15) is 0 Å². The van der Waals surface area contributed by atoms with Crippen molar-refractivity contribution in [3.63, 3.8) is 0 Å². The van der Waals surface area contributed by atoms with Crippen LogP contribution in [0.25, 0.3) is 10.9 Å². The number of likely N-dealkylation sites (N-methyl/N-ethyl adjacent to an activating group) is 1. The molecule has 7 nitrogen and oxygen atoms in total. The fraction of sp³-hybridized carbons (Fsp3) is 0.500. The zero-order valence-electron chi connectivity index (χ0n) is 21.4. The van der Waals surface area contributed by atoms with Crippen LogP contribution in [0.15, 0.2) is 36.7 Å². The van der Waals surface area contributed by atoms with Crippen LogP contribution in [0.3, 0.4) is 0 Å². The molecule has 1 saturated heterocycles. The minimum absolute atomic E-state index is 0.0497. The van der Waals surface area contributed by atoms with Crippen LogP contribution in [-0.4, -0.2) is 72.3 Å². The highest BCUT2D eigenvalue weighted by Gasteiger charge is 2.21. The summed E-state index contributed by atoms with van der Waals surface area (Å²) in [6, 6.07) is 8.39. The lowest BCUT2D eigenvalue weighted by Crippen LogP contribution is -2.30. The van der Waals surface area contributed by atoms with Crippen molar-refractivity contribution in [2.45, 2.75) is 44.6 Å². The van der Waals surface area contributed by atoms with E-state index in [1.807, 2.05) is 12.1 Å². The summed E-state index contributed by atoms with van der Waals surface area (Å²) >= 11 is 5.99. The maximum Gasteiger partial charge on any atom is 0.145 e. The first-order valence-electron chi connectivity index (χ1n) is 13.3. The summed E-state index contributed by atoms with van der Waals surface area (Å²) in [6.45, 7) is 6.20. The van der Waals surface area contributed by atoms with Gasteiger partial charge in [-0.3, -0.25) is 0 Å².